The zero-order valence-corrected chi connectivity index (χ0v) is 27.4. The van der Waals surface area contributed by atoms with Gasteiger partial charge in [-0.1, -0.05) is 121 Å². The van der Waals surface area contributed by atoms with Crippen LogP contribution < -0.4 is 4.90 Å². The molecule has 0 aliphatic heterocycles. The SMILES string of the molecule is CC=Cc1ccc(C=CC)n1-c1ccc(-c2ccc(N(c3ccc(-c4ccccc4)cc3)c3ccc(-c4ccccc4)cc3)cc2)cc1. The van der Waals surface area contributed by atoms with Crippen molar-refractivity contribution in [3.05, 3.63) is 193 Å². The number of aromatic nitrogens is 1. The Morgan fingerprint density at radius 1 is 0.354 bits per heavy atom. The molecule has 0 aliphatic rings. The first-order valence-corrected chi connectivity index (χ1v) is 16.5. The number of anilines is 3. The second kappa shape index (κ2) is 14.1. The molecule has 0 saturated carbocycles. The summed E-state index contributed by atoms with van der Waals surface area (Å²) in [5.41, 5.74) is 14.0. The highest BCUT2D eigenvalue weighted by molar-refractivity contribution is 5.81. The zero-order valence-electron chi connectivity index (χ0n) is 27.4. The van der Waals surface area contributed by atoms with Crippen LogP contribution in [-0.2, 0) is 0 Å². The van der Waals surface area contributed by atoms with Crippen LogP contribution in [-0.4, -0.2) is 4.57 Å². The second-order valence-corrected chi connectivity index (χ2v) is 11.8. The van der Waals surface area contributed by atoms with Gasteiger partial charge in [0.05, 0.1) is 0 Å². The summed E-state index contributed by atoms with van der Waals surface area (Å²) in [7, 11) is 0. The van der Waals surface area contributed by atoms with Crippen molar-refractivity contribution in [1.82, 2.24) is 4.57 Å². The lowest BCUT2D eigenvalue weighted by Crippen LogP contribution is -2.09. The smallest absolute Gasteiger partial charge is 0.0462 e. The highest BCUT2D eigenvalue weighted by Gasteiger charge is 2.14. The van der Waals surface area contributed by atoms with Crippen LogP contribution in [0.15, 0.2) is 182 Å². The van der Waals surface area contributed by atoms with Gasteiger partial charge in [-0.05, 0) is 120 Å². The van der Waals surface area contributed by atoms with E-state index in [1.54, 1.807) is 0 Å². The lowest BCUT2D eigenvalue weighted by atomic mass is 10.0. The fraction of sp³-hybridized carbons (Fsp3) is 0.0435. The van der Waals surface area contributed by atoms with Crippen molar-refractivity contribution in [2.45, 2.75) is 13.8 Å². The Bertz CT molecular complexity index is 2020. The molecule has 1 heterocycles. The minimum absolute atomic E-state index is 1.11. The topological polar surface area (TPSA) is 8.17 Å². The van der Waals surface area contributed by atoms with E-state index in [-0.39, 0.29) is 0 Å². The molecule has 0 aliphatic carbocycles. The first-order valence-electron chi connectivity index (χ1n) is 16.5. The third kappa shape index (κ3) is 6.42. The number of hydrogen-bond acceptors (Lipinski definition) is 1. The van der Waals surface area contributed by atoms with Gasteiger partial charge in [0.1, 0.15) is 0 Å². The van der Waals surface area contributed by atoms with Gasteiger partial charge >= 0.3 is 0 Å². The van der Waals surface area contributed by atoms with Gasteiger partial charge in [0.15, 0.2) is 0 Å². The van der Waals surface area contributed by atoms with Gasteiger partial charge in [-0.15, -0.1) is 0 Å². The number of nitrogens with zero attached hydrogens (tertiary/aromatic N) is 2. The number of benzene rings is 6. The Kier molecular flexibility index (Phi) is 8.97. The van der Waals surface area contributed by atoms with E-state index in [4.69, 9.17) is 0 Å². The maximum Gasteiger partial charge on any atom is 0.0462 e. The highest BCUT2D eigenvalue weighted by atomic mass is 15.1. The molecule has 7 aromatic rings. The molecule has 1 aromatic heterocycles. The molecule has 7 rings (SSSR count). The fourth-order valence-corrected chi connectivity index (χ4v) is 6.29. The molecule has 0 N–H and O–H groups in total. The molecule has 48 heavy (non-hydrogen) atoms. The van der Waals surface area contributed by atoms with E-state index in [0.29, 0.717) is 0 Å². The van der Waals surface area contributed by atoms with E-state index in [9.17, 15) is 0 Å². The zero-order chi connectivity index (χ0) is 32.7. The molecule has 0 spiro atoms. The first kappa shape index (κ1) is 30.5. The van der Waals surface area contributed by atoms with Crippen LogP contribution in [0.4, 0.5) is 17.1 Å². The molecule has 2 heteroatoms. The molecule has 2 nitrogen and oxygen atoms in total. The standard InChI is InChI=1S/C46H38N2/c1-3-11-41-33-34-42(12-4-2)47(41)43-29-21-39(22-30-43)40-23-31-46(32-24-40)48(44-25-17-37(18-26-44)35-13-7-5-8-14-35)45-27-19-38(20-28-45)36-15-9-6-10-16-36/h3-34H,1-2H3. The molecular formula is C46H38N2. The monoisotopic (exact) mass is 618 g/mol. The van der Waals surface area contributed by atoms with Crippen LogP contribution >= 0.6 is 0 Å². The second-order valence-electron chi connectivity index (χ2n) is 11.8. The predicted molar refractivity (Wildman–Crippen MR) is 206 cm³/mol. The van der Waals surface area contributed by atoms with E-state index in [1.165, 1.54) is 33.4 Å². The van der Waals surface area contributed by atoms with Crippen molar-refractivity contribution in [3.8, 4) is 39.1 Å². The third-order valence-corrected chi connectivity index (χ3v) is 8.67. The average Bonchev–Trinajstić information content (AvgIpc) is 3.55. The number of allylic oxidation sites excluding steroid dienone is 2. The van der Waals surface area contributed by atoms with Gasteiger partial charge < -0.3 is 9.47 Å². The normalized spacial score (nSPS) is 11.4. The lowest BCUT2D eigenvalue weighted by molar-refractivity contribution is 1.05. The number of hydrogen-bond donors (Lipinski definition) is 0. The Balaban J connectivity index is 1.21. The van der Waals surface area contributed by atoms with Crippen molar-refractivity contribution in [2.24, 2.45) is 0 Å². The molecule has 0 unspecified atom stereocenters. The van der Waals surface area contributed by atoms with E-state index < -0.39 is 0 Å². The fourth-order valence-electron chi connectivity index (χ4n) is 6.29. The van der Waals surface area contributed by atoms with E-state index in [2.05, 4.69) is 217 Å². The molecule has 0 radical (unpaired) electrons. The quantitative estimate of drug-likeness (QED) is 0.156. The summed E-state index contributed by atoms with van der Waals surface area (Å²) in [4.78, 5) is 2.33. The summed E-state index contributed by atoms with van der Waals surface area (Å²) in [6.45, 7) is 4.11. The molecule has 0 saturated heterocycles. The Hall–Kier alpha value is -6.12. The third-order valence-electron chi connectivity index (χ3n) is 8.67. The summed E-state index contributed by atoms with van der Waals surface area (Å²) >= 11 is 0. The first-order chi connectivity index (χ1) is 23.7. The van der Waals surface area contributed by atoms with E-state index >= 15 is 0 Å². The average molecular weight is 619 g/mol. The maximum absolute atomic E-state index is 2.33. The molecule has 0 atom stereocenters. The predicted octanol–water partition coefficient (Wildman–Crippen LogP) is 13.0. The summed E-state index contributed by atoms with van der Waals surface area (Å²) in [6, 6.07) is 60.8. The van der Waals surface area contributed by atoms with Crippen molar-refractivity contribution in [1.29, 1.82) is 0 Å². The maximum atomic E-state index is 2.33. The van der Waals surface area contributed by atoms with Crippen LogP contribution in [0.2, 0.25) is 0 Å². The summed E-state index contributed by atoms with van der Waals surface area (Å²) in [6.07, 6.45) is 8.46. The van der Waals surface area contributed by atoms with Gasteiger partial charge in [-0.25, -0.2) is 0 Å². The molecule has 232 valence electrons. The van der Waals surface area contributed by atoms with Crippen LogP contribution in [0.1, 0.15) is 25.2 Å². The lowest BCUT2D eigenvalue weighted by Gasteiger charge is -2.26. The van der Waals surface area contributed by atoms with Crippen LogP contribution in [0.5, 0.6) is 0 Å². The molecule has 0 bridgehead atoms. The van der Waals surface area contributed by atoms with Crippen molar-refractivity contribution >= 4 is 29.2 Å². The van der Waals surface area contributed by atoms with E-state index in [1.807, 2.05) is 0 Å². The number of rotatable bonds is 9. The summed E-state index contributed by atoms with van der Waals surface area (Å²) in [5, 5.41) is 0. The van der Waals surface area contributed by atoms with Crippen LogP contribution in [0.3, 0.4) is 0 Å². The van der Waals surface area contributed by atoms with E-state index in [0.717, 1.165) is 34.1 Å². The largest absolute Gasteiger partial charge is 0.311 e. The Labute approximate surface area is 284 Å². The van der Waals surface area contributed by atoms with Crippen LogP contribution in [0.25, 0.3) is 51.2 Å². The van der Waals surface area contributed by atoms with Gasteiger partial charge in [0.2, 0.25) is 0 Å². The minimum atomic E-state index is 1.11. The minimum Gasteiger partial charge on any atom is -0.311 e. The van der Waals surface area contributed by atoms with Crippen molar-refractivity contribution < 1.29 is 0 Å². The van der Waals surface area contributed by atoms with Crippen LogP contribution in [0, 0.1) is 0 Å². The van der Waals surface area contributed by atoms with Gasteiger partial charge in [0.25, 0.3) is 0 Å². The van der Waals surface area contributed by atoms with Crippen molar-refractivity contribution in [3.63, 3.8) is 0 Å². The Morgan fingerprint density at radius 2 is 0.667 bits per heavy atom. The molecule has 0 fully saturated rings. The van der Waals surface area contributed by atoms with Crippen molar-refractivity contribution in [2.75, 3.05) is 4.90 Å². The summed E-state index contributed by atoms with van der Waals surface area (Å²) in [5.74, 6) is 0. The highest BCUT2D eigenvalue weighted by Crippen LogP contribution is 2.38. The molecular weight excluding hydrogens is 581 g/mol. The Morgan fingerprint density at radius 3 is 1.00 bits per heavy atom. The van der Waals surface area contributed by atoms with Gasteiger partial charge in [-0.3, -0.25) is 0 Å². The summed E-state index contributed by atoms with van der Waals surface area (Å²) < 4.78 is 2.29. The van der Waals surface area contributed by atoms with Gasteiger partial charge in [0, 0.05) is 34.1 Å². The molecule has 0 amide bonds. The molecule has 6 aromatic carbocycles. The van der Waals surface area contributed by atoms with Gasteiger partial charge in [-0.2, -0.15) is 0 Å².